The quantitative estimate of drug-likeness (QED) is 0.763. The summed E-state index contributed by atoms with van der Waals surface area (Å²) in [7, 11) is 2.43. The molecule has 0 aliphatic carbocycles. The molecular weight excluding hydrogens is 305 g/mol. The van der Waals surface area contributed by atoms with Crippen molar-refractivity contribution in [2.24, 2.45) is 5.92 Å². The van der Waals surface area contributed by atoms with Crippen LogP contribution in [0.5, 0.6) is 0 Å². The molecule has 0 unspecified atom stereocenters. The summed E-state index contributed by atoms with van der Waals surface area (Å²) in [4.78, 5) is 35.2. The van der Waals surface area contributed by atoms with Crippen molar-refractivity contribution >= 4 is 17.8 Å². The predicted molar refractivity (Wildman–Crippen MR) is 79.8 cm³/mol. The van der Waals surface area contributed by atoms with Crippen LogP contribution < -0.4 is 5.32 Å². The Kier molecular flexibility index (Phi) is 7.18. The van der Waals surface area contributed by atoms with Gasteiger partial charge in [0.25, 0.3) is 0 Å². The summed E-state index contributed by atoms with van der Waals surface area (Å²) in [6.45, 7) is 1.63. The van der Waals surface area contributed by atoms with Crippen LogP contribution >= 0.6 is 0 Å². The second-order valence-corrected chi connectivity index (χ2v) is 5.13. The molecular formula is C16H20FNO5. The lowest BCUT2D eigenvalue weighted by molar-refractivity contribution is -0.148. The number of amides is 1. The van der Waals surface area contributed by atoms with Crippen LogP contribution in [0, 0.1) is 11.7 Å². The van der Waals surface area contributed by atoms with Crippen molar-refractivity contribution in [1.82, 2.24) is 5.32 Å². The van der Waals surface area contributed by atoms with Crippen LogP contribution in [0.1, 0.15) is 18.9 Å². The SMILES string of the molecule is COC(=O)C[C@@H](C)[C@H](NC(=O)Cc1cccc(F)c1)C(=O)OC. The van der Waals surface area contributed by atoms with Crippen molar-refractivity contribution in [1.29, 1.82) is 0 Å². The lowest BCUT2D eigenvalue weighted by atomic mass is 9.98. The largest absolute Gasteiger partial charge is 0.469 e. The molecule has 1 aromatic carbocycles. The molecule has 1 amide bonds. The first-order chi connectivity index (χ1) is 10.9. The first kappa shape index (κ1) is 18.6. The van der Waals surface area contributed by atoms with Gasteiger partial charge in [-0.3, -0.25) is 9.59 Å². The molecule has 1 aromatic rings. The number of hydrogen-bond acceptors (Lipinski definition) is 5. The molecule has 0 spiro atoms. The van der Waals surface area contributed by atoms with Crippen molar-refractivity contribution in [3.05, 3.63) is 35.6 Å². The average molecular weight is 325 g/mol. The van der Waals surface area contributed by atoms with E-state index in [-0.39, 0.29) is 12.8 Å². The number of ether oxygens (including phenoxy) is 2. The van der Waals surface area contributed by atoms with Crippen molar-refractivity contribution in [3.63, 3.8) is 0 Å². The molecule has 0 aliphatic rings. The van der Waals surface area contributed by atoms with Gasteiger partial charge in [-0.2, -0.15) is 0 Å². The number of hydrogen-bond donors (Lipinski definition) is 1. The van der Waals surface area contributed by atoms with Crippen molar-refractivity contribution in [2.45, 2.75) is 25.8 Å². The standard InChI is InChI=1S/C16H20FNO5/c1-10(7-14(20)22-2)15(16(21)23-3)18-13(19)9-11-5-4-6-12(17)8-11/h4-6,8,10,15H,7,9H2,1-3H3,(H,18,19)/t10-,15+/m1/s1. The van der Waals surface area contributed by atoms with Crippen LogP contribution in [-0.2, 0) is 30.3 Å². The monoisotopic (exact) mass is 325 g/mol. The molecule has 0 aromatic heterocycles. The van der Waals surface area contributed by atoms with Gasteiger partial charge >= 0.3 is 11.9 Å². The molecule has 0 radical (unpaired) electrons. The molecule has 23 heavy (non-hydrogen) atoms. The van der Waals surface area contributed by atoms with E-state index < -0.39 is 35.6 Å². The highest BCUT2D eigenvalue weighted by Gasteiger charge is 2.29. The van der Waals surface area contributed by atoms with E-state index in [1.807, 2.05) is 0 Å². The summed E-state index contributed by atoms with van der Waals surface area (Å²) in [5.74, 6) is -2.58. The molecule has 6 nitrogen and oxygen atoms in total. The Morgan fingerprint density at radius 2 is 1.91 bits per heavy atom. The molecule has 0 heterocycles. The first-order valence-electron chi connectivity index (χ1n) is 7.05. The maximum Gasteiger partial charge on any atom is 0.328 e. The Morgan fingerprint density at radius 3 is 2.48 bits per heavy atom. The van der Waals surface area contributed by atoms with E-state index >= 15 is 0 Å². The second kappa shape index (κ2) is 8.87. The number of esters is 2. The Bertz CT molecular complexity index is 575. The molecule has 0 saturated heterocycles. The van der Waals surface area contributed by atoms with Gasteiger partial charge in [0.2, 0.25) is 5.91 Å². The first-order valence-corrected chi connectivity index (χ1v) is 7.05. The predicted octanol–water partition coefficient (Wildman–Crippen LogP) is 1.23. The molecule has 126 valence electrons. The van der Waals surface area contributed by atoms with Gasteiger partial charge in [0.15, 0.2) is 0 Å². The molecule has 0 saturated carbocycles. The summed E-state index contributed by atoms with van der Waals surface area (Å²) >= 11 is 0. The lowest BCUT2D eigenvalue weighted by Crippen LogP contribution is -2.47. The highest BCUT2D eigenvalue weighted by molar-refractivity contribution is 5.86. The summed E-state index contributed by atoms with van der Waals surface area (Å²) in [5, 5.41) is 2.52. The smallest absolute Gasteiger partial charge is 0.328 e. The number of benzene rings is 1. The summed E-state index contributed by atoms with van der Waals surface area (Å²) in [5.41, 5.74) is 0.478. The normalized spacial score (nSPS) is 12.9. The number of carbonyl (C=O) groups is 3. The van der Waals surface area contributed by atoms with Gasteiger partial charge < -0.3 is 14.8 Å². The number of carbonyl (C=O) groups excluding carboxylic acids is 3. The molecule has 1 N–H and O–H groups in total. The van der Waals surface area contributed by atoms with E-state index in [9.17, 15) is 18.8 Å². The van der Waals surface area contributed by atoms with Gasteiger partial charge in [-0.1, -0.05) is 19.1 Å². The van der Waals surface area contributed by atoms with E-state index in [2.05, 4.69) is 14.8 Å². The lowest BCUT2D eigenvalue weighted by Gasteiger charge is -2.22. The fourth-order valence-electron chi connectivity index (χ4n) is 2.08. The summed E-state index contributed by atoms with van der Waals surface area (Å²) < 4.78 is 22.3. The van der Waals surface area contributed by atoms with Crippen LogP contribution in [0.25, 0.3) is 0 Å². The number of rotatable bonds is 7. The van der Waals surface area contributed by atoms with Crippen molar-refractivity contribution in [3.8, 4) is 0 Å². The molecule has 0 aliphatic heterocycles. The van der Waals surface area contributed by atoms with Gasteiger partial charge in [-0.15, -0.1) is 0 Å². The topological polar surface area (TPSA) is 81.7 Å². The maximum absolute atomic E-state index is 13.1. The third-order valence-corrected chi connectivity index (χ3v) is 3.31. The van der Waals surface area contributed by atoms with E-state index in [1.165, 1.54) is 32.4 Å². The zero-order valence-corrected chi connectivity index (χ0v) is 13.3. The third-order valence-electron chi connectivity index (χ3n) is 3.31. The summed E-state index contributed by atoms with van der Waals surface area (Å²) in [6, 6.07) is 4.63. The number of halogens is 1. The number of nitrogens with one attached hydrogen (secondary N) is 1. The van der Waals surface area contributed by atoms with Crippen LogP contribution in [-0.4, -0.2) is 38.1 Å². The molecule has 0 fully saturated rings. The number of methoxy groups -OCH3 is 2. The Morgan fingerprint density at radius 1 is 1.22 bits per heavy atom. The van der Waals surface area contributed by atoms with Crippen LogP contribution in [0.2, 0.25) is 0 Å². The molecule has 2 atom stereocenters. The van der Waals surface area contributed by atoms with Crippen molar-refractivity contribution < 1.29 is 28.2 Å². The molecule has 0 bridgehead atoms. The zero-order chi connectivity index (χ0) is 17.4. The Hall–Kier alpha value is -2.44. The van der Waals surface area contributed by atoms with Crippen LogP contribution in [0.15, 0.2) is 24.3 Å². The zero-order valence-electron chi connectivity index (χ0n) is 13.3. The third kappa shape index (κ3) is 6.06. The van der Waals surface area contributed by atoms with Crippen molar-refractivity contribution in [2.75, 3.05) is 14.2 Å². The Labute approximate surface area is 134 Å². The van der Waals surface area contributed by atoms with E-state index in [0.29, 0.717) is 5.56 Å². The minimum Gasteiger partial charge on any atom is -0.469 e. The van der Waals surface area contributed by atoms with Gasteiger partial charge in [-0.05, 0) is 23.6 Å². The van der Waals surface area contributed by atoms with Crippen LogP contribution in [0.3, 0.4) is 0 Å². The van der Waals surface area contributed by atoms with E-state index in [0.717, 1.165) is 0 Å². The average Bonchev–Trinajstić information content (AvgIpc) is 2.51. The maximum atomic E-state index is 13.1. The minimum absolute atomic E-state index is 0.0451. The fourth-order valence-corrected chi connectivity index (χ4v) is 2.08. The van der Waals surface area contributed by atoms with Crippen LogP contribution in [0.4, 0.5) is 4.39 Å². The summed E-state index contributed by atoms with van der Waals surface area (Å²) in [6.07, 6.45) is -0.132. The van der Waals surface area contributed by atoms with Gasteiger partial charge in [0.05, 0.1) is 27.1 Å². The van der Waals surface area contributed by atoms with Gasteiger partial charge in [0, 0.05) is 0 Å². The van der Waals surface area contributed by atoms with Gasteiger partial charge in [0.1, 0.15) is 11.9 Å². The van der Waals surface area contributed by atoms with Gasteiger partial charge in [-0.25, -0.2) is 9.18 Å². The Balaban J connectivity index is 2.74. The second-order valence-electron chi connectivity index (χ2n) is 5.13. The van der Waals surface area contributed by atoms with E-state index in [1.54, 1.807) is 13.0 Å². The minimum atomic E-state index is -0.986. The molecule has 7 heteroatoms. The fraction of sp³-hybridized carbons (Fsp3) is 0.438. The highest BCUT2D eigenvalue weighted by Crippen LogP contribution is 2.12. The highest BCUT2D eigenvalue weighted by atomic mass is 19.1. The van der Waals surface area contributed by atoms with E-state index in [4.69, 9.17) is 0 Å². The molecule has 1 rings (SSSR count).